The molecule has 1 amide bonds. The van der Waals surface area contributed by atoms with Crippen molar-refractivity contribution < 1.29 is 4.79 Å². The first kappa shape index (κ1) is 15.8. The summed E-state index contributed by atoms with van der Waals surface area (Å²) in [4.78, 5) is 17.3. The average Bonchev–Trinajstić information content (AvgIpc) is 3.25. The highest BCUT2D eigenvalue weighted by molar-refractivity contribution is 7.19. The molecule has 0 bridgehead atoms. The van der Waals surface area contributed by atoms with Gasteiger partial charge in [-0.2, -0.15) is 5.10 Å². The van der Waals surface area contributed by atoms with E-state index in [0.29, 0.717) is 11.0 Å². The number of thiazole rings is 1. The third-order valence-corrected chi connectivity index (χ3v) is 6.15. The van der Waals surface area contributed by atoms with Gasteiger partial charge in [0.05, 0.1) is 27.6 Å². The molecule has 0 aliphatic heterocycles. The Labute approximate surface area is 156 Å². The third kappa shape index (κ3) is 2.48. The molecular formula is C20H20N4OS. The van der Waals surface area contributed by atoms with Crippen LogP contribution in [0.1, 0.15) is 48.2 Å². The summed E-state index contributed by atoms with van der Waals surface area (Å²) < 4.78 is 2.12. The lowest BCUT2D eigenvalue weighted by molar-refractivity contribution is -0.114. The molecule has 2 aliphatic rings. The maximum atomic E-state index is 11.4. The van der Waals surface area contributed by atoms with E-state index in [2.05, 4.69) is 46.2 Å². The van der Waals surface area contributed by atoms with Gasteiger partial charge in [-0.15, -0.1) is 0 Å². The minimum Gasteiger partial charge on any atom is -0.302 e. The van der Waals surface area contributed by atoms with E-state index in [1.54, 1.807) is 11.3 Å². The molecule has 3 aromatic rings. The highest BCUT2D eigenvalue weighted by atomic mass is 32.1. The Morgan fingerprint density at radius 2 is 2.08 bits per heavy atom. The van der Waals surface area contributed by atoms with E-state index in [1.807, 2.05) is 0 Å². The fourth-order valence-corrected chi connectivity index (χ4v) is 4.88. The van der Waals surface area contributed by atoms with E-state index in [4.69, 9.17) is 5.10 Å². The Kier molecular flexibility index (Phi) is 3.50. The van der Waals surface area contributed by atoms with Crippen LogP contribution in [0, 0.1) is 6.92 Å². The van der Waals surface area contributed by atoms with Crippen molar-refractivity contribution in [2.45, 2.75) is 45.4 Å². The average molecular weight is 364 g/mol. The van der Waals surface area contributed by atoms with Gasteiger partial charge in [-0.3, -0.25) is 4.79 Å². The van der Waals surface area contributed by atoms with Gasteiger partial charge in [0.1, 0.15) is 0 Å². The van der Waals surface area contributed by atoms with Gasteiger partial charge in [-0.25, -0.2) is 9.67 Å². The predicted octanol–water partition coefficient (Wildman–Crippen LogP) is 4.24. The molecule has 2 aromatic heterocycles. The van der Waals surface area contributed by atoms with Crippen molar-refractivity contribution in [1.29, 1.82) is 0 Å². The van der Waals surface area contributed by atoms with Crippen molar-refractivity contribution in [2.75, 3.05) is 5.32 Å². The molecule has 0 radical (unpaired) electrons. The van der Waals surface area contributed by atoms with Crippen LogP contribution < -0.4 is 5.32 Å². The second-order valence-corrected chi connectivity index (χ2v) is 8.16. The number of carbonyl (C=O) groups excluding carboxylic acids is 1. The second kappa shape index (κ2) is 5.77. The quantitative estimate of drug-likeness (QED) is 0.756. The number of hydrogen-bond acceptors (Lipinski definition) is 4. The van der Waals surface area contributed by atoms with Crippen LogP contribution in [0.25, 0.3) is 16.3 Å². The zero-order valence-electron chi connectivity index (χ0n) is 14.9. The van der Waals surface area contributed by atoms with Crippen LogP contribution in [0.5, 0.6) is 0 Å². The number of carbonyl (C=O) groups is 1. The molecule has 0 unspecified atom stereocenters. The summed E-state index contributed by atoms with van der Waals surface area (Å²) in [6, 6.07) is 8.37. The van der Waals surface area contributed by atoms with Crippen LogP contribution in [0.4, 0.5) is 5.13 Å². The first-order valence-electron chi connectivity index (χ1n) is 9.07. The van der Waals surface area contributed by atoms with E-state index in [9.17, 15) is 4.79 Å². The van der Waals surface area contributed by atoms with Gasteiger partial charge in [-0.05, 0) is 44.2 Å². The molecule has 2 aliphatic carbocycles. The van der Waals surface area contributed by atoms with Gasteiger partial charge in [0.2, 0.25) is 5.91 Å². The lowest BCUT2D eigenvalue weighted by Gasteiger charge is -2.15. The van der Waals surface area contributed by atoms with E-state index < -0.39 is 0 Å². The minimum atomic E-state index is -0.0811. The first-order valence-corrected chi connectivity index (χ1v) is 9.89. The predicted molar refractivity (Wildman–Crippen MR) is 103 cm³/mol. The van der Waals surface area contributed by atoms with Gasteiger partial charge in [0.25, 0.3) is 0 Å². The summed E-state index contributed by atoms with van der Waals surface area (Å²) in [5, 5.41) is 8.59. The number of benzene rings is 1. The molecule has 1 fully saturated rings. The first-order chi connectivity index (χ1) is 12.6. The normalized spacial score (nSPS) is 15.5. The number of nitrogens with zero attached hydrogens (tertiary/aromatic N) is 3. The van der Waals surface area contributed by atoms with E-state index in [-0.39, 0.29) is 5.91 Å². The van der Waals surface area contributed by atoms with Crippen molar-refractivity contribution in [3.63, 3.8) is 0 Å². The molecule has 1 aromatic carbocycles. The summed E-state index contributed by atoms with van der Waals surface area (Å²) in [5.41, 5.74) is 7.22. The Bertz CT molecular complexity index is 1030. The third-order valence-electron chi connectivity index (χ3n) is 5.13. The summed E-state index contributed by atoms with van der Waals surface area (Å²) in [7, 11) is 0. The molecule has 5 rings (SSSR count). The number of rotatable bonds is 3. The lowest BCUT2D eigenvalue weighted by Crippen LogP contribution is -2.07. The number of anilines is 1. The van der Waals surface area contributed by atoms with E-state index in [1.165, 1.54) is 42.3 Å². The highest BCUT2D eigenvalue weighted by Gasteiger charge is 2.35. The van der Waals surface area contributed by atoms with Gasteiger partial charge in [0, 0.05) is 18.4 Å². The van der Waals surface area contributed by atoms with E-state index in [0.717, 1.165) is 29.1 Å². The molecule has 5 nitrogen and oxygen atoms in total. The number of aryl methyl sites for hydroxylation is 2. The zero-order chi connectivity index (χ0) is 17.8. The number of fused-ring (bicyclic) bond motifs is 3. The van der Waals surface area contributed by atoms with Crippen LogP contribution >= 0.6 is 11.3 Å². The summed E-state index contributed by atoms with van der Waals surface area (Å²) >= 11 is 1.56. The largest absolute Gasteiger partial charge is 0.302 e. The van der Waals surface area contributed by atoms with Crippen molar-refractivity contribution in [3.05, 3.63) is 46.8 Å². The molecule has 0 spiro atoms. The molecule has 0 atom stereocenters. The van der Waals surface area contributed by atoms with Crippen molar-refractivity contribution in [3.8, 4) is 16.3 Å². The Balaban J connectivity index is 1.72. The molecular weight excluding hydrogens is 344 g/mol. The molecule has 1 saturated carbocycles. The Morgan fingerprint density at radius 1 is 1.27 bits per heavy atom. The van der Waals surface area contributed by atoms with Crippen molar-refractivity contribution in [2.24, 2.45) is 0 Å². The standard InChI is InChI=1S/C20H20N4OS/c1-11-5-3-4-6-16(11)24-18-14(17(23-24)13-7-8-13)9-10-15-19(18)26-20(22-15)21-12(2)25/h3-6,13H,7-10H2,1-2H3,(H,21,22,25). The number of para-hydroxylation sites is 1. The fourth-order valence-electron chi connectivity index (χ4n) is 3.76. The van der Waals surface area contributed by atoms with E-state index >= 15 is 0 Å². The van der Waals surface area contributed by atoms with Crippen molar-refractivity contribution in [1.82, 2.24) is 14.8 Å². The molecule has 26 heavy (non-hydrogen) atoms. The second-order valence-electron chi connectivity index (χ2n) is 7.16. The zero-order valence-corrected chi connectivity index (χ0v) is 15.7. The summed E-state index contributed by atoms with van der Waals surface area (Å²) in [6.07, 6.45) is 4.37. The van der Waals surface area contributed by atoms with Crippen LogP contribution in [0.3, 0.4) is 0 Å². The number of hydrogen-bond donors (Lipinski definition) is 1. The number of aromatic nitrogens is 3. The van der Waals surface area contributed by atoms with Crippen LogP contribution in [0.15, 0.2) is 24.3 Å². The SMILES string of the molecule is CC(=O)Nc1nc2c(s1)-c1c(c(C3CC3)nn1-c1ccccc1C)CC2. The smallest absolute Gasteiger partial charge is 0.223 e. The minimum absolute atomic E-state index is 0.0811. The lowest BCUT2D eigenvalue weighted by atomic mass is 9.96. The Morgan fingerprint density at radius 3 is 2.81 bits per heavy atom. The highest BCUT2D eigenvalue weighted by Crippen LogP contribution is 2.48. The van der Waals surface area contributed by atoms with Crippen LogP contribution in [0.2, 0.25) is 0 Å². The monoisotopic (exact) mass is 364 g/mol. The van der Waals surface area contributed by atoms with Gasteiger partial charge >= 0.3 is 0 Å². The number of nitrogens with one attached hydrogen (secondary N) is 1. The van der Waals surface area contributed by atoms with Crippen LogP contribution in [-0.4, -0.2) is 20.7 Å². The maximum Gasteiger partial charge on any atom is 0.223 e. The van der Waals surface area contributed by atoms with Crippen LogP contribution in [-0.2, 0) is 17.6 Å². The molecule has 1 N–H and O–H groups in total. The maximum absolute atomic E-state index is 11.4. The van der Waals surface area contributed by atoms with Gasteiger partial charge < -0.3 is 5.32 Å². The topological polar surface area (TPSA) is 59.8 Å². The fraction of sp³-hybridized carbons (Fsp3) is 0.350. The Hall–Kier alpha value is -2.47. The van der Waals surface area contributed by atoms with Gasteiger partial charge in [-0.1, -0.05) is 29.5 Å². The summed E-state index contributed by atoms with van der Waals surface area (Å²) in [5.74, 6) is 0.528. The molecule has 132 valence electrons. The molecule has 6 heteroatoms. The molecule has 0 saturated heterocycles. The number of amides is 1. The van der Waals surface area contributed by atoms with Gasteiger partial charge in [0.15, 0.2) is 5.13 Å². The molecule has 2 heterocycles. The van der Waals surface area contributed by atoms with Crippen molar-refractivity contribution >= 4 is 22.4 Å². The summed E-state index contributed by atoms with van der Waals surface area (Å²) in [6.45, 7) is 3.65.